The highest BCUT2D eigenvalue weighted by Crippen LogP contribution is 2.26. The van der Waals surface area contributed by atoms with Crippen LogP contribution in [-0.2, 0) is 4.74 Å². The molecule has 1 atom stereocenters. The molecule has 78 valence electrons. The number of aliphatic hydroxyl groups excluding tert-OH is 1. The average molecular weight is 187 g/mol. The first-order valence-electron chi connectivity index (χ1n) is 5.12. The molecule has 0 heterocycles. The molecule has 0 radical (unpaired) electrons. The Kier molecular flexibility index (Phi) is 4.70. The van der Waals surface area contributed by atoms with Crippen LogP contribution in [-0.4, -0.2) is 37.5 Å². The molecule has 13 heavy (non-hydrogen) atoms. The Labute approximate surface area is 80.5 Å². The van der Waals surface area contributed by atoms with Crippen molar-refractivity contribution in [3.8, 4) is 0 Å². The molecule has 2 N–H and O–H groups in total. The van der Waals surface area contributed by atoms with Crippen LogP contribution in [0.5, 0.6) is 0 Å². The lowest BCUT2D eigenvalue weighted by Gasteiger charge is -2.36. The van der Waals surface area contributed by atoms with Gasteiger partial charge in [0.25, 0.3) is 0 Å². The van der Waals surface area contributed by atoms with Gasteiger partial charge in [0.05, 0.1) is 6.61 Å². The van der Waals surface area contributed by atoms with E-state index in [0.29, 0.717) is 18.7 Å². The van der Waals surface area contributed by atoms with Crippen molar-refractivity contribution in [2.24, 2.45) is 5.92 Å². The van der Waals surface area contributed by atoms with Crippen molar-refractivity contribution in [2.75, 3.05) is 20.3 Å². The van der Waals surface area contributed by atoms with Crippen molar-refractivity contribution < 1.29 is 9.84 Å². The molecule has 0 bridgehead atoms. The largest absolute Gasteiger partial charge is 0.396 e. The third-order valence-electron chi connectivity index (χ3n) is 2.69. The van der Waals surface area contributed by atoms with Gasteiger partial charge in [0.15, 0.2) is 0 Å². The van der Waals surface area contributed by atoms with Crippen LogP contribution in [0, 0.1) is 5.92 Å². The molecule has 1 aliphatic carbocycles. The molecule has 1 aliphatic rings. The molecular weight excluding hydrogens is 166 g/mol. The van der Waals surface area contributed by atoms with Gasteiger partial charge in [-0.3, -0.25) is 0 Å². The first-order chi connectivity index (χ1) is 6.26. The fraction of sp³-hybridized carbons (Fsp3) is 1.00. The second kappa shape index (κ2) is 5.58. The number of hydrogen-bond acceptors (Lipinski definition) is 3. The summed E-state index contributed by atoms with van der Waals surface area (Å²) in [7, 11) is 1.70. The van der Waals surface area contributed by atoms with E-state index in [1.807, 2.05) is 0 Å². The number of hydrogen-bond donors (Lipinski definition) is 2. The van der Waals surface area contributed by atoms with Gasteiger partial charge in [0.1, 0.15) is 0 Å². The highest BCUT2D eigenvalue weighted by atomic mass is 16.5. The first kappa shape index (κ1) is 11.0. The number of ether oxygens (including phenoxy) is 1. The maximum Gasteiger partial charge on any atom is 0.0616 e. The van der Waals surface area contributed by atoms with Gasteiger partial charge < -0.3 is 15.2 Å². The maximum atomic E-state index is 8.82. The fourth-order valence-electron chi connectivity index (χ4n) is 1.94. The number of rotatable bonds is 6. The Bertz CT molecular complexity index is 129. The molecule has 1 rings (SSSR count). The maximum absolute atomic E-state index is 8.82. The molecule has 0 saturated heterocycles. The van der Waals surface area contributed by atoms with Crippen molar-refractivity contribution in [3.63, 3.8) is 0 Å². The lowest BCUT2D eigenvalue weighted by molar-refractivity contribution is 0.122. The zero-order valence-electron chi connectivity index (χ0n) is 8.62. The Hall–Kier alpha value is -0.120. The molecule has 1 unspecified atom stereocenters. The van der Waals surface area contributed by atoms with E-state index >= 15 is 0 Å². The minimum Gasteiger partial charge on any atom is -0.396 e. The monoisotopic (exact) mass is 187 g/mol. The van der Waals surface area contributed by atoms with Crippen LogP contribution in [0.4, 0.5) is 0 Å². The summed E-state index contributed by atoms with van der Waals surface area (Å²) >= 11 is 0. The normalized spacial score (nSPS) is 29.8. The number of aliphatic hydroxyl groups is 1. The quantitative estimate of drug-likeness (QED) is 0.645. The lowest BCUT2D eigenvalue weighted by atomic mass is 9.81. The van der Waals surface area contributed by atoms with Crippen LogP contribution in [0.3, 0.4) is 0 Å². The molecule has 1 saturated carbocycles. The number of nitrogens with one attached hydrogen (secondary N) is 1. The summed E-state index contributed by atoms with van der Waals surface area (Å²) in [4.78, 5) is 0. The van der Waals surface area contributed by atoms with Gasteiger partial charge in [-0.25, -0.2) is 0 Å². The second-order valence-electron chi connectivity index (χ2n) is 4.10. The van der Waals surface area contributed by atoms with E-state index in [4.69, 9.17) is 9.84 Å². The third-order valence-corrected chi connectivity index (χ3v) is 2.69. The average Bonchev–Trinajstić information content (AvgIpc) is 2.02. The van der Waals surface area contributed by atoms with Crippen LogP contribution in [0.15, 0.2) is 0 Å². The van der Waals surface area contributed by atoms with Gasteiger partial charge in [-0.1, -0.05) is 6.92 Å². The van der Waals surface area contributed by atoms with E-state index in [9.17, 15) is 0 Å². The van der Waals surface area contributed by atoms with Crippen molar-refractivity contribution in [1.82, 2.24) is 5.32 Å². The van der Waals surface area contributed by atoms with Crippen molar-refractivity contribution >= 4 is 0 Å². The standard InChI is InChI=1S/C10H21NO2/c1-8-5-10(6-8)11-9(3-4-12)7-13-2/h8-12H,3-7H2,1-2H3. The SMILES string of the molecule is COCC(CCO)NC1CC(C)C1. The van der Waals surface area contributed by atoms with Crippen LogP contribution in [0.2, 0.25) is 0 Å². The molecule has 1 fully saturated rings. The van der Waals surface area contributed by atoms with Crippen LogP contribution < -0.4 is 5.32 Å². The van der Waals surface area contributed by atoms with E-state index in [1.165, 1.54) is 12.8 Å². The Balaban J connectivity index is 2.14. The van der Waals surface area contributed by atoms with E-state index in [1.54, 1.807) is 7.11 Å². The molecule has 0 aromatic heterocycles. The predicted molar refractivity (Wildman–Crippen MR) is 52.7 cm³/mol. The molecule has 0 spiro atoms. The summed E-state index contributed by atoms with van der Waals surface area (Å²) in [6.07, 6.45) is 3.33. The highest BCUT2D eigenvalue weighted by molar-refractivity contribution is 4.85. The molecule has 0 aromatic carbocycles. The minimum atomic E-state index is 0.239. The molecule has 0 amide bonds. The van der Waals surface area contributed by atoms with E-state index < -0.39 is 0 Å². The van der Waals surface area contributed by atoms with E-state index in [2.05, 4.69) is 12.2 Å². The molecule has 0 aliphatic heterocycles. The second-order valence-corrected chi connectivity index (χ2v) is 4.10. The lowest BCUT2D eigenvalue weighted by Crippen LogP contribution is -2.47. The van der Waals surface area contributed by atoms with Gasteiger partial charge in [-0.15, -0.1) is 0 Å². The van der Waals surface area contributed by atoms with Crippen molar-refractivity contribution in [3.05, 3.63) is 0 Å². The summed E-state index contributed by atoms with van der Waals surface area (Å²) in [5.41, 5.74) is 0. The molecule has 0 aromatic rings. The third kappa shape index (κ3) is 3.63. The van der Waals surface area contributed by atoms with Crippen LogP contribution >= 0.6 is 0 Å². The van der Waals surface area contributed by atoms with Gasteiger partial charge in [0.2, 0.25) is 0 Å². The zero-order chi connectivity index (χ0) is 9.68. The van der Waals surface area contributed by atoms with Crippen LogP contribution in [0.25, 0.3) is 0 Å². The topological polar surface area (TPSA) is 41.5 Å². The van der Waals surface area contributed by atoms with E-state index in [0.717, 1.165) is 12.3 Å². The Morgan fingerprint density at radius 1 is 1.54 bits per heavy atom. The van der Waals surface area contributed by atoms with Gasteiger partial charge in [-0.05, 0) is 25.2 Å². The van der Waals surface area contributed by atoms with E-state index in [-0.39, 0.29) is 6.61 Å². The summed E-state index contributed by atoms with van der Waals surface area (Å²) in [5, 5.41) is 12.3. The summed E-state index contributed by atoms with van der Waals surface area (Å²) in [6.45, 7) is 3.21. The molecule has 3 nitrogen and oxygen atoms in total. The van der Waals surface area contributed by atoms with Gasteiger partial charge >= 0.3 is 0 Å². The number of methoxy groups -OCH3 is 1. The minimum absolute atomic E-state index is 0.239. The van der Waals surface area contributed by atoms with Gasteiger partial charge in [-0.2, -0.15) is 0 Å². The summed E-state index contributed by atoms with van der Waals surface area (Å²) < 4.78 is 5.08. The Morgan fingerprint density at radius 3 is 2.69 bits per heavy atom. The van der Waals surface area contributed by atoms with Crippen molar-refractivity contribution in [1.29, 1.82) is 0 Å². The highest BCUT2D eigenvalue weighted by Gasteiger charge is 2.26. The van der Waals surface area contributed by atoms with Crippen molar-refractivity contribution in [2.45, 2.75) is 38.3 Å². The molecular formula is C10H21NO2. The molecule has 3 heteroatoms. The van der Waals surface area contributed by atoms with Gasteiger partial charge in [0, 0.05) is 25.8 Å². The Morgan fingerprint density at radius 2 is 2.23 bits per heavy atom. The zero-order valence-corrected chi connectivity index (χ0v) is 8.62. The first-order valence-corrected chi connectivity index (χ1v) is 5.12. The fourth-order valence-corrected chi connectivity index (χ4v) is 1.94. The predicted octanol–water partition coefficient (Wildman–Crippen LogP) is 0.772. The summed E-state index contributed by atoms with van der Waals surface area (Å²) in [6, 6.07) is 0.981. The smallest absolute Gasteiger partial charge is 0.0616 e. The van der Waals surface area contributed by atoms with Crippen LogP contribution in [0.1, 0.15) is 26.2 Å². The summed E-state index contributed by atoms with van der Waals surface area (Å²) in [5.74, 6) is 0.870.